The van der Waals surface area contributed by atoms with E-state index in [1.807, 2.05) is 38.1 Å². The maximum Gasteiger partial charge on any atom is 0.234 e. The fourth-order valence-electron chi connectivity index (χ4n) is 1.67. The molecule has 0 aliphatic rings. The first-order valence-corrected chi connectivity index (χ1v) is 6.62. The predicted molar refractivity (Wildman–Crippen MR) is 77.2 cm³/mol. The molecule has 1 aromatic rings. The van der Waals surface area contributed by atoms with Gasteiger partial charge in [0.15, 0.2) is 0 Å². The number of para-hydroxylation sites is 1. The molecule has 0 fully saturated rings. The summed E-state index contributed by atoms with van der Waals surface area (Å²) in [5.41, 5.74) is 0.899. The molecule has 1 aromatic carbocycles. The summed E-state index contributed by atoms with van der Waals surface area (Å²) in [6, 6.07) is 7.79. The number of nitrogens with one attached hydrogen (secondary N) is 2. The summed E-state index contributed by atoms with van der Waals surface area (Å²) >= 11 is 0. The molecule has 0 unspecified atom stereocenters. The van der Waals surface area contributed by atoms with E-state index in [1.54, 1.807) is 7.11 Å². The Morgan fingerprint density at radius 2 is 2.00 bits per heavy atom. The molecule has 0 saturated heterocycles. The average Bonchev–Trinajstić information content (AvgIpc) is 2.38. The highest BCUT2D eigenvalue weighted by Crippen LogP contribution is 2.16. The van der Waals surface area contributed by atoms with Gasteiger partial charge in [0.2, 0.25) is 5.91 Å². The monoisotopic (exact) mass is 264 g/mol. The number of carbonyl (C=O) groups excluding carboxylic acids is 1. The zero-order chi connectivity index (χ0) is 14.3. The van der Waals surface area contributed by atoms with Crippen molar-refractivity contribution in [1.29, 1.82) is 0 Å². The highest BCUT2D eigenvalue weighted by Gasteiger charge is 2.17. The van der Waals surface area contributed by atoms with Crippen LogP contribution in [0.4, 0.5) is 0 Å². The van der Waals surface area contributed by atoms with Gasteiger partial charge in [-0.05, 0) is 26.3 Å². The molecule has 1 rings (SSSR count). The summed E-state index contributed by atoms with van der Waals surface area (Å²) in [5, 5.41) is 6.12. The Kier molecular flexibility index (Phi) is 5.83. The van der Waals surface area contributed by atoms with Crippen LogP contribution in [-0.4, -0.2) is 25.1 Å². The molecular formula is C15H24N2O2. The van der Waals surface area contributed by atoms with Crippen LogP contribution < -0.4 is 15.4 Å². The smallest absolute Gasteiger partial charge is 0.234 e. The number of ether oxygens (including phenoxy) is 1. The summed E-state index contributed by atoms with van der Waals surface area (Å²) in [7, 11) is 1.65. The van der Waals surface area contributed by atoms with Crippen molar-refractivity contribution in [3.05, 3.63) is 29.8 Å². The molecule has 0 atom stereocenters. The minimum absolute atomic E-state index is 0.0155. The lowest BCUT2D eigenvalue weighted by molar-refractivity contribution is -0.121. The first kappa shape index (κ1) is 15.5. The number of hydrogen-bond donors (Lipinski definition) is 2. The minimum atomic E-state index is -0.150. The van der Waals surface area contributed by atoms with Crippen LogP contribution >= 0.6 is 0 Å². The summed E-state index contributed by atoms with van der Waals surface area (Å²) in [4.78, 5) is 11.8. The highest BCUT2D eigenvalue weighted by atomic mass is 16.5. The molecule has 0 heterocycles. The Morgan fingerprint density at radius 3 is 2.63 bits per heavy atom. The molecule has 0 bridgehead atoms. The van der Waals surface area contributed by atoms with Crippen molar-refractivity contribution >= 4 is 5.91 Å². The summed E-state index contributed by atoms with van der Waals surface area (Å²) < 4.78 is 5.26. The number of hydrogen-bond acceptors (Lipinski definition) is 3. The lowest BCUT2D eigenvalue weighted by Crippen LogP contribution is -2.46. The van der Waals surface area contributed by atoms with E-state index in [0.29, 0.717) is 13.1 Å². The van der Waals surface area contributed by atoms with Crippen LogP contribution in [0.3, 0.4) is 0 Å². The van der Waals surface area contributed by atoms with E-state index in [9.17, 15) is 4.79 Å². The van der Waals surface area contributed by atoms with Crippen LogP contribution in [0.5, 0.6) is 5.75 Å². The van der Waals surface area contributed by atoms with Gasteiger partial charge in [-0.1, -0.05) is 25.1 Å². The van der Waals surface area contributed by atoms with Gasteiger partial charge in [0.1, 0.15) is 5.75 Å². The zero-order valence-corrected chi connectivity index (χ0v) is 12.2. The lowest BCUT2D eigenvalue weighted by atomic mass is 10.0. The first-order chi connectivity index (χ1) is 8.98. The van der Waals surface area contributed by atoms with Gasteiger partial charge in [-0.15, -0.1) is 0 Å². The Hall–Kier alpha value is -1.55. The van der Waals surface area contributed by atoms with E-state index >= 15 is 0 Å². The average molecular weight is 264 g/mol. The number of carbonyl (C=O) groups is 1. The van der Waals surface area contributed by atoms with Gasteiger partial charge in [0.25, 0.3) is 0 Å². The standard InChI is InChI=1S/C15H24N2O2/c1-5-15(2,3)17-14(18)11-16-10-12-8-6-7-9-13(12)19-4/h6-9,16H,5,10-11H2,1-4H3,(H,17,18). The van der Waals surface area contributed by atoms with Gasteiger partial charge in [0.05, 0.1) is 13.7 Å². The first-order valence-electron chi connectivity index (χ1n) is 6.62. The van der Waals surface area contributed by atoms with E-state index in [4.69, 9.17) is 4.74 Å². The van der Waals surface area contributed by atoms with Crippen molar-refractivity contribution in [2.75, 3.05) is 13.7 Å². The summed E-state index contributed by atoms with van der Waals surface area (Å²) in [6.07, 6.45) is 0.908. The van der Waals surface area contributed by atoms with Gasteiger partial charge < -0.3 is 15.4 Å². The van der Waals surface area contributed by atoms with Gasteiger partial charge in [-0.3, -0.25) is 4.79 Å². The number of methoxy groups -OCH3 is 1. The Balaban J connectivity index is 2.40. The second-order valence-electron chi connectivity index (χ2n) is 5.20. The molecule has 0 aliphatic carbocycles. The third-order valence-electron chi connectivity index (χ3n) is 3.16. The Bertz CT molecular complexity index is 416. The fraction of sp³-hybridized carbons (Fsp3) is 0.533. The van der Waals surface area contributed by atoms with Gasteiger partial charge in [-0.2, -0.15) is 0 Å². The van der Waals surface area contributed by atoms with Crippen molar-refractivity contribution in [3.8, 4) is 5.75 Å². The maximum absolute atomic E-state index is 11.8. The molecule has 4 heteroatoms. The van der Waals surface area contributed by atoms with Crippen LogP contribution in [0, 0.1) is 0 Å². The third kappa shape index (κ3) is 5.30. The normalized spacial score (nSPS) is 11.2. The van der Waals surface area contributed by atoms with Crippen molar-refractivity contribution in [1.82, 2.24) is 10.6 Å². The van der Waals surface area contributed by atoms with Gasteiger partial charge in [-0.25, -0.2) is 0 Å². The third-order valence-corrected chi connectivity index (χ3v) is 3.16. The van der Waals surface area contributed by atoms with Crippen LogP contribution in [0.1, 0.15) is 32.8 Å². The van der Waals surface area contributed by atoms with Crippen molar-refractivity contribution in [2.24, 2.45) is 0 Å². The minimum Gasteiger partial charge on any atom is -0.496 e. The number of rotatable bonds is 7. The van der Waals surface area contributed by atoms with Crippen molar-refractivity contribution in [2.45, 2.75) is 39.3 Å². The molecule has 0 aromatic heterocycles. The van der Waals surface area contributed by atoms with E-state index < -0.39 is 0 Å². The topological polar surface area (TPSA) is 50.4 Å². The molecule has 19 heavy (non-hydrogen) atoms. The van der Waals surface area contributed by atoms with E-state index in [0.717, 1.165) is 17.7 Å². The lowest BCUT2D eigenvalue weighted by Gasteiger charge is -2.24. The van der Waals surface area contributed by atoms with Crippen molar-refractivity contribution in [3.63, 3.8) is 0 Å². The molecule has 2 N–H and O–H groups in total. The number of amides is 1. The largest absolute Gasteiger partial charge is 0.496 e. The molecule has 106 valence electrons. The molecule has 0 aliphatic heterocycles. The van der Waals surface area contributed by atoms with Crippen LogP contribution in [0.15, 0.2) is 24.3 Å². The van der Waals surface area contributed by atoms with E-state index in [1.165, 1.54) is 0 Å². The van der Waals surface area contributed by atoms with E-state index in [-0.39, 0.29) is 11.4 Å². The molecule has 0 saturated carbocycles. The van der Waals surface area contributed by atoms with Gasteiger partial charge in [0, 0.05) is 17.6 Å². The van der Waals surface area contributed by atoms with Crippen LogP contribution in [0.2, 0.25) is 0 Å². The zero-order valence-electron chi connectivity index (χ0n) is 12.2. The molecular weight excluding hydrogens is 240 g/mol. The fourth-order valence-corrected chi connectivity index (χ4v) is 1.67. The quantitative estimate of drug-likeness (QED) is 0.793. The van der Waals surface area contributed by atoms with Crippen LogP contribution in [-0.2, 0) is 11.3 Å². The molecule has 0 spiro atoms. The molecule has 4 nitrogen and oxygen atoms in total. The number of benzene rings is 1. The summed E-state index contributed by atoms with van der Waals surface area (Å²) in [5.74, 6) is 0.853. The van der Waals surface area contributed by atoms with Crippen molar-refractivity contribution < 1.29 is 9.53 Å². The Morgan fingerprint density at radius 1 is 1.32 bits per heavy atom. The molecule has 0 radical (unpaired) electrons. The molecule has 1 amide bonds. The second-order valence-corrected chi connectivity index (χ2v) is 5.20. The Labute approximate surface area is 115 Å². The highest BCUT2D eigenvalue weighted by molar-refractivity contribution is 5.78. The predicted octanol–water partition coefficient (Wildman–Crippen LogP) is 2.09. The summed E-state index contributed by atoms with van der Waals surface area (Å²) in [6.45, 7) is 7.02. The SMILES string of the molecule is CCC(C)(C)NC(=O)CNCc1ccccc1OC. The maximum atomic E-state index is 11.8. The van der Waals surface area contributed by atoms with E-state index in [2.05, 4.69) is 17.6 Å². The second kappa shape index (κ2) is 7.14. The van der Waals surface area contributed by atoms with Crippen LogP contribution in [0.25, 0.3) is 0 Å². The van der Waals surface area contributed by atoms with Gasteiger partial charge >= 0.3 is 0 Å².